The number of ether oxygens (including phenoxy) is 2. The van der Waals surface area contributed by atoms with Crippen LogP contribution in [0.15, 0.2) is 36.1 Å². The number of carbonyl (C=O) groups excluding carboxylic acids is 1. The number of morpholine rings is 1. The van der Waals surface area contributed by atoms with Crippen LogP contribution in [0.4, 0.5) is 0 Å². The number of rotatable bonds is 4. The predicted molar refractivity (Wildman–Crippen MR) is 96.6 cm³/mol. The summed E-state index contributed by atoms with van der Waals surface area (Å²) in [6, 6.07) is 10.7. The zero-order valence-corrected chi connectivity index (χ0v) is 15.3. The van der Waals surface area contributed by atoms with Gasteiger partial charge in [0.2, 0.25) is 0 Å². The summed E-state index contributed by atoms with van der Waals surface area (Å²) >= 11 is 0. The lowest BCUT2D eigenvalue weighted by Gasteiger charge is -2.57. The number of nitrogens with zero attached hydrogens (tertiary/aromatic N) is 2. The normalized spacial score (nSPS) is 33.1. The zero-order valence-electron chi connectivity index (χ0n) is 15.3. The quantitative estimate of drug-likeness (QED) is 0.833. The lowest BCUT2D eigenvalue weighted by molar-refractivity contribution is -0.127. The summed E-state index contributed by atoms with van der Waals surface area (Å²) in [6.07, 6.45) is 2.88. The molecule has 0 radical (unpaired) electrons. The molecule has 1 fully saturated rings. The molecule has 5 rings (SSSR count). The van der Waals surface area contributed by atoms with E-state index >= 15 is 0 Å². The molecule has 136 valence electrons. The van der Waals surface area contributed by atoms with Gasteiger partial charge >= 0.3 is 0 Å². The number of carbonyl (C=O) groups is 1. The minimum absolute atomic E-state index is 0.108. The topological polar surface area (TPSA) is 62.6 Å². The highest BCUT2D eigenvalue weighted by molar-refractivity contribution is 5.95. The summed E-state index contributed by atoms with van der Waals surface area (Å²) in [6.45, 7) is 4.54. The molecule has 0 N–H and O–H groups in total. The van der Waals surface area contributed by atoms with E-state index in [2.05, 4.69) is 17.0 Å². The van der Waals surface area contributed by atoms with E-state index < -0.39 is 11.0 Å². The third-order valence-electron chi connectivity index (χ3n) is 6.33. The molecule has 26 heavy (non-hydrogen) atoms. The number of methoxy groups -OCH3 is 1. The van der Waals surface area contributed by atoms with E-state index in [9.17, 15) is 10.1 Å². The van der Waals surface area contributed by atoms with Crippen LogP contribution in [0, 0.1) is 11.3 Å². The number of hydrogen-bond acceptors (Lipinski definition) is 5. The fourth-order valence-corrected chi connectivity index (χ4v) is 5.15. The molecule has 3 atom stereocenters. The van der Waals surface area contributed by atoms with Gasteiger partial charge in [0.1, 0.15) is 16.7 Å². The Morgan fingerprint density at radius 2 is 2.12 bits per heavy atom. The first-order valence-electron chi connectivity index (χ1n) is 9.27. The smallest absolute Gasteiger partial charge is 0.150 e. The summed E-state index contributed by atoms with van der Waals surface area (Å²) < 4.78 is 11.2. The van der Waals surface area contributed by atoms with Crippen LogP contribution in [0.2, 0.25) is 0 Å². The van der Waals surface area contributed by atoms with Gasteiger partial charge in [-0.05, 0) is 17.2 Å². The number of nitriles is 1. The number of fused-ring (bicyclic) bond motifs is 1. The number of Topliss-reactive ketones (excluding diaryl/α,β-unsaturated/α-hetero) is 1. The Labute approximate surface area is 154 Å². The number of hydrogen-bond donors (Lipinski definition) is 0. The fourth-order valence-electron chi connectivity index (χ4n) is 5.15. The summed E-state index contributed by atoms with van der Waals surface area (Å²) in [5.74, 6) is 0.708. The van der Waals surface area contributed by atoms with Crippen molar-refractivity contribution in [2.24, 2.45) is 0 Å². The summed E-state index contributed by atoms with van der Waals surface area (Å²) in [4.78, 5) is 15.5. The van der Waals surface area contributed by atoms with Crippen molar-refractivity contribution >= 4 is 5.78 Å². The van der Waals surface area contributed by atoms with Gasteiger partial charge in [0.05, 0.1) is 26.4 Å². The highest BCUT2D eigenvalue weighted by Crippen LogP contribution is 2.59. The van der Waals surface area contributed by atoms with E-state index in [0.717, 1.165) is 11.1 Å². The summed E-state index contributed by atoms with van der Waals surface area (Å²) in [5.41, 5.74) is 0.471. The molecule has 0 unspecified atom stereocenters. The Kier molecular flexibility index (Phi) is 4.13. The van der Waals surface area contributed by atoms with Crippen molar-refractivity contribution < 1.29 is 14.3 Å². The van der Waals surface area contributed by atoms with Crippen LogP contribution in [0.5, 0.6) is 0 Å². The van der Waals surface area contributed by atoms with Crippen molar-refractivity contribution in [3.05, 3.63) is 47.2 Å². The van der Waals surface area contributed by atoms with Gasteiger partial charge in [0, 0.05) is 31.8 Å². The van der Waals surface area contributed by atoms with Gasteiger partial charge in [-0.1, -0.05) is 31.2 Å². The van der Waals surface area contributed by atoms with Gasteiger partial charge in [-0.25, -0.2) is 0 Å². The van der Waals surface area contributed by atoms with Crippen LogP contribution in [0.25, 0.3) is 0 Å². The zero-order chi connectivity index (χ0) is 18.4. The van der Waals surface area contributed by atoms with E-state index in [-0.39, 0.29) is 11.7 Å². The molecule has 5 heteroatoms. The molecule has 0 saturated carbocycles. The van der Waals surface area contributed by atoms with Gasteiger partial charge in [0.15, 0.2) is 5.78 Å². The van der Waals surface area contributed by atoms with Crippen LogP contribution < -0.4 is 0 Å². The molecule has 1 aromatic rings. The molecule has 1 heterocycles. The minimum Gasteiger partial charge on any atom is -0.500 e. The summed E-state index contributed by atoms with van der Waals surface area (Å²) in [5, 5.41) is 10.4. The average Bonchev–Trinajstić information content (AvgIpc) is 2.73. The number of benzene rings is 1. The van der Waals surface area contributed by atoms with Crippen LogP contribution in [-0.2, 0) is 19.7 Å². The SMILES string of the molecule is CCC(=O)[C@]12C[C@@](C#N)(N3CCOCC3)[C@H](C=C1OC)c1ccccc12. The average molecular weight is 352 g/mol. The predicted octanol–water partition coefficient (Wildman–Crippen LogP) is 2.53. The summed E-state index contributed by atoms with van der Waals surface area (Å²) in [7, 11) is 1.63. The highest BCUT2D eigenvalue weighted by Gasteiger charge is 2.63. The second-order valence-electron chi connectivity index (χ2n) is 7.29. The molecular weight excluding hydrogens is 328 g/mol. The second kappa shape index (κ2) is 6.22. The molecule has 0 aromatic heterocycles. The molecular formula is C21H24N2O3. The standard InChI is InChI=1S/C21H24N2O3/c1-3-18(24)21-13-20(14-22,23-8-10-26-11-9-23)17(12-19(21)25-2)15-6-4-5-7-16(15)21/h4-7,12,17H,3,8-11,13H2,1-2H3/t17-,20+,21-/m1/s1. The Hall–Kier alpha value is -2.16. The van der Waals surface area contributed by atoms with Crippen LogP contribution in [0.3, 0.4) is 0 Å². The molecule has 1 aromatic carbocycles. The van der Waals surface area contributed by atoms with Gasteiger partial charge in [0.25, 0.3) is 0 Å². The van der Waals surface area contributed by atoms with E-state index in [1.165, 1.54) is 0 Å². The van der Waals surface area contributed by atoms with Crippen molar-refractivity contribution in [1.82, 2.24) is 4.90 Å². The largest absolute Gasteiger partial charge is 0.500 e. The number of ketones is 1. The Bertz CT molecular complexity index is 806. The van der Waals surface area contributed by atoms with Crippen molar-refractivity contribution in [3.63, 3.8) is 0 Å². The van der Waals surface area contributed by atoms with E-state index in [4.69, 9.17) is 9.47 Å². The molecule has 2 bridgehead atoms. The first kappa shape index (κ1) is 17.3. The van der Waals surface area contributed by atoms with Gasteiger partial charge < -0.3 is 9.47 Å². The van der Waals surface area contributed by atoms with Crippen molar-refractivity contribution in [1.29, 1.82) is 5.26 Å². The second-order valence-corrected chi connectivity index (χ2v) is 7.29. The Balaban J connectivity index is 1.97. The van der Waals surface area contributed by atoms with E-state index in [1.807, 2.05) is 31.2 Å². The Morgan fingerprint density at radius 1 is 1.38 bits per heavy atom. The van der Waals surface area contributed by atoms with E-state index in [0.29, 0.717) is 44.9 Å². The van der Waals surface area contributed by atoms with Gasteiger partial charge in [-0.3, -0.25) is 9.69 Å². The van der Waals surface area contributed by atoms with Crippen molar-refractivity contribution in [2.45, 2.75) is 36.6 Å². The van der Waals surface area contributed by atoms with Crippen molar-refractivity contribution in [2.75, 3.05) is 33.4 Å². The third kappa shape index (κ3) is 2.06. The lowest BCUT2D eigenvalue weighted by Crippen LogP contribution is -2.64. The van der Waals surface area contributed by atoms with Crippen LogP contribution in [0.1, 0.15) is 36.8 Å². The van der Waals surface area contributed by atoms with Crippen molar-refractivity contribution in [3.8, 4) is 6.07 Å². The fraction of sp³-hybridized carbons (Fsp3) is 0.524. The monoisotopic (exact) mass is 352 g/mol. The minimum atomic E-state index is -0.872. The molecule has 0 spiro atoms. The maximum absolute atomic E-state index is 13.3. The molecule has 1 saturated heterocycles. The first-order valence-corrected chi connectivity index (χ1v) is 9.27. The highest BCUT2D eigenvalue weighted by atomic mass is 16.5. The lowest BCUT2D eigenvalue weighted by atomic mass is 9.51. The third-order valence-corrected chi connectivity index (χ3v) is 6.33. The molecule has 0 amide bonds. The molecule has 1 aliphatic heterocycles. The maximum atomic E-state index is 13.3. The Morgan fingerprint density at radius 3 is 2.77 bits per heavy atom. The van der Waals surface area contributed by atoms with Gasteiger partial charge in [-0.2, -0.15) is 5.26 Å². The molecule has 5 nitrogen and oxygen atoms in total. The van der Waals surface area contributed by atoms with Crippen LogP contribution in [-0.4, -0.2) is 49.6 Å². The first-order chi connectivity index (χ1) is 12.6. The maximum Gasteiger partial charge on any atom is 0.150 e. The van der Waals surface area contributed by atoms with Crippen LogP contribution >= 0.6 is 0 Å². The molecule has 4 aliphatic rings. The van der Waals surface area contributed by atoms with Gasteiger partial charge in [-0.15, -0.1) is 0 Å². The van der Waals surface area contributed by atoms with E-state index in [1.54, 1.807) is 7.11 Å². The molecule has 3 aliphatic carbocycles. The number of allylic oxidation sites excluding steroid dienone is 1.